The van der Waals surface area contributed by atoms with E-state index in [9.17, 15) is 203 Å². The summed E-state index contributed by atoms with van der Waals surface area (Å²) in [5.74, 6) is -10.7. The number of hydrogen-bond donors (Lipinski definition) is 8. The Morgan fingerprint density at radius 1 is 0.399 bits per heavy atom. The number of aromatic carboxylic acids is 1. The van der Waals surface area contributed by atoms with E-state index in [1.54, 1.807) is 27.7 Å². The van der Waals surface area contributed by atoms with Crippen molar-refractivity contribution in [2.75, 3.05) is 33.9 Å². The molecule has 1 amide bonds. The molecule has 11 rings (SSSR count). The Labute approximate surface area is 834 Å². The Bertz CT molecular complexity index is 6810. The molecule has 1 fully saturated rings. The van der Waals surface area contributed by atoms with Crippen molar-refractivity contribution in [1.82, 2.24) is 4.90 Å². The fourth-order valence-corrected chi connectivity index (χ4v) is 20.0. The number of rotatable bonds is 27. The Hall–Kier alpha value is -10.8. The van der Waals surface area contributed by atoms with Crippen molar-refractivity contribution in [2.24, 2.45) is 5.73 Å². The number of carbonyl (C=O) groups excluding carboxylic acids is 7. The summed E-state index contributed by atoms with van der Waals surface area (Å²) < 4.78 is 426. The number of sulfone groups is 6. The first-order valence-corrected chi connectivity index (χ1v) is 50.2. The number of carboxylic acids is 3. The van der Waals surface area contributed by atoms with Gasteiger partial charge >= 0.3 is 110 Å². The molecule has 148 heavy (non-hydrogen) atoms. The van der Waals surface area contributed by atoms with Crippen LogP contribution in [0.3, 0.4) is 0 Å². The van der Waals surface area contributed by atoms with Crippen LogP contribution in [-0.4, -0.2) is 264 Å². The van der Waals surface area contributed by atoms with E-state index in [-0.39, 0.29) is 44.0 Å². The molecule has 0 radical (unpaired) electrons. The van der Waals surface area contributed by atoms with Crippen molar-refractivity contribution in [3.8, 4) is 0 Å². The van der Waals surface area contributed by atoms with E-state index in [4.69, 9.17) is 44.0 Å². The topological polar surface area (TPSA) is 639 Å². The summed E-state index contributed by atoms with van der Waals surface area (Å²) in [5, 5.41) is 65.0. The molecule has 5 aliphatic heterocycles. The molecular formula is C77H76B5BrF18N2O39S6. The van der Waals surface area contributed by atoms with Crippen molar-refractivity contribution < 1.29 is 260 Å². The molecule has 5 heterocycles. The molecule has 6 aromatic carbocycles. The highest BCUT2D eigenvalue weighted by Crippen LogP contribution is 2.44. The highest BCUT2D eigenvalue weighted by atomic mass is 79.9. The summed E-state index contributed by atoms with van der Waals surface area (Å²) in [7, 11) is -41.5. The Balaban J connectivity index is 0.000000288. The molecule has 41 nitrogen and oxygen atoms in total. The summed E-state index contributed by atoms with van der Waals surface area (Å²) in [6.45, 7) is 4.63. The molecule has 0 aromatic heterocycles. The largest absolute Gasteiger partial charge is 0.501 e. The van der Waals surface area contributed by atoms with E-state index in [0.29, 0.717) is 54.3 Å². The number of unbranched alkanes of at least 4 members (excludes halogenated alkanes) is 1. The van der Waals surface area contributed by atoms with Gasteiger partial charge in [0.2, 0.25) is 0 Å². The standard InChI is InChI=1S/C23H19B2F6NO12S2.C18H22BF3O8S.C12H10BrF3O6S.C10H8BF3O5S.C9H6BF3O6S.C5H11NO2/c26-22(27,28)45(39,40)18-6-11(4-15-13(18)9-43-24(15)37)17(33)2-1-3-32(8-20(34)35)21(36)12-5-16-14(10-44-25(16)38)19(7-12)46(41,42)23(29,30)31;1-10(23)28-9-12-13(19-29-16(2,3)17(4,5)30-19)7-11(15(24)27-6)8-14(12)31(25,26)18(20,21)22;1-6(17)22-5-8-9(13)3-7(11(18)21-2)4-10(8)23(19,20)12(14,15)16;1-5(15)6-2-8-7(4-19-11(8)16)9(3-6)20(17,18)10(12,13)14;11-9(12,13)20(17,18)7-2-4(8(14)15)1-6-5(7)3-19-10(6)16;6-4-2-1-3-5(7)8/h4-7,37-38H,1-3,8-10H2,(H,34,35);7-8H,9H2,1-6H3;3-4H,5H2,1-2H3;2-3,16H,4H2,1H3;1-2,16H,3H2,(H,14,15);1-4,6H2,(H,7,8). The number of halogens is 19. The number of ketones is 2. The average molecular weight is 2320 g/mol. The number of amides is 1. The number of esters is 4. The zero-order valence-electron chi connectivity index (χ0n) is 76.6. The van der Waals surface area contributed by atoms with Crippen LogP contribution in [0.25, 0.3) is 0 Å². The Kier molecular flexibility index (Phi) is 40.3. The van der Waals surface area contributed by atoms with Gasteiger partial charge in [-0.25, -0.2) is 64.9 Å². The second kappa shape index (κ2) is 47.4. The van der Waals surface area contributed by atoms with Crippen LogP contribution in [0.15, 0.2) is 107 Å². The highest BCUT2D eigenvalue weighted by molar-refractivity contribution is 9.10. The van der Waals surface area contributed by atoms with Gasteiger partial charge in [-0.05, 0) is 171 Å². The number of nitrogens with two attached hydrogens (primary N) is 1. The smallest absolute Gasteiger partial charge is 0.481 e. The van der Waals surface area contributed by atoms with Gasteiger partial charge in [0.15, 0.2) is 11.6 Å². The molecule has 5 aliphatic rings. The van der Waals surface area contributed by atoms with Gasteiger partial charge in [-0.1, -0.05) is 28.1 Å². The van der Waals surface area contributed by atoms with Gasteiger partial charge < -0.3 is 92.9 Å². The van der Waals surface area contributed by atoms with E-state index in [1.165, 1.54) is 0 Å². The van der Waals surface area contributed by atoms with Crippen molar-refractivity contribution in [3.05, 3.63) is 144 Å². The summed E-state index contributed by atoms with van der Waals surface area (Å²) in [4.78, 5) is 108. The number of aliphatic carboxylic acids is 2. The van der Waals surface area contributed by atoms with Crippen LogP contribution >= 0.6 is 15.9 Å². The fraction of sp³-hybridized carbons (Fsp3) is 0.403. The SMILES string of the molecule is CC(=O)c1cc2c(c(S(=O)(=O)C(F)(F)F)c1)COB2O.COC(=O)c1cc(B2OC(C)(C)C(C)(C)O2)c(COC(C)=O)c(S(=O)(=O)C(F)(F)F)c1.COC(=O)c1cc(Br)c(COC(C)=O)c(S(=O)(=O)C(F)(F)F)c1.NCCCCC(=O)O.O=C(O)CN(CCCC(=O)c1cc2c(c(S(=O)(=O)C(F)(F)F)c1)COB2O)C(=O)c1cc2c(c(S(=O)(=O)C(F)(F)F)c1)COB2O.O=C(O)c1cc2c(c(S(=O)(=O)C(F)(F)F)c1)COB2O. The zero-order valence-corrected chi connectivity index (χ0v) is 83.0. The number of alkyl halides is 18. The van der Waals surface area contributed by atoms with E-state index in [1.807, 2.05) is 0 Å². The van der Waals surface area contributed by atoms with Crippen LogP contribution in [-0.2, 0) is 165 Å². The molecule has 1 saturated heterocycles. The monoisotopic (exact) mass is 2320 g/mol. The predicted octanol–water partition coefficient (Wildman–Crippen LogP) is 5.12. The molecule has 0 saturated carbocycles. The summed E-state index contributed by atoms with van der Waals surface area (Å²) in [6.07, 6.45) is 0.685. The highest BCUT2D eigenvalue weighted by Gasteiger charge is 2.58. The number of ether oxygens (including phenoxy) is 4. The maximum Gasteiger partial charge on any atom is 0.501 e. The Morgan fingerprint density at radius 3 is 1.02 bits per heavy atom. The quantitative estimate of drug-likeness (QED) is 0.00828. The molecular weight excluding hydrogens is 2250 g/mol. The minimum absolute atomic E-state index is 0.138. The van der Waals surface area contributed by atoms with Gasteiger partial charge in [0, 0.05) is 65.5 Å². The number of carbonyl (C=O) groups is 10. The molecule has 812 valence electrons. The van der Waals surface area contributed by atoms with Gasteiger partial charge in [-0.2, -0.15) is 79.0 Å². The van der Waals surface area contributed by atoms with Crippen molar-refractivity contribution in [1.29, 1.82) is 0 Å². The van der Waals surface area contributed by atoms with Crippen molar-refractivity contribution in [2.45, 2.75) is 194 Å². The first kappa shape index (κ1) is 126. The third-order valence-electron chi connectivity index (χ3n) is 21.2. The minimum atomic E-state index is -6.08. The lowest BCUT2D eigenvalue weighted by atomic mass is 9.75. The number of benzene rings is 6. The molecule has 0 unspecified atom stereocenters. The molecule has 0 aliphatic carbocycles. The van der Waals surface area contributed by atoms with Crippen LogP contribution in [0.2, 0.25) is 0 Å². The number of hydrogen-bond acceptors (Lipinski definition) is 37. The zero-order chi connectivity index (χ0) is 114. The van der Waals surface area contributed by atoms with Gasteiger partial charge in [-0.3, -0.25) is 33.6 Å². The Morgan fingerprint density at radius 2 is 0.696 bits per heavy atom. The van der Waals surface area contributed by atoms with Gasteiger partial charge in [-0.15, -0.1) is 0 Å². The van der Waals surface area contributed by atoms with Gasteiger partial charge in [0.25, 0.3) is 64.9 Å². The van der Waals surface area contributed by atoms with Crippen LogP contribution in [0.1, 0.15) is 176 Å². The van der Waals surface area contributed by atoms with Gasteiger partial charge in [0.1, 0.15) is 19.8 Å². The molecule has 0 bridgehead atoms. The number of methoxy groups -OCH3 is 2. The minimum Gasteiger partial charge on any atom is -0.481 e. The predicted molar refractivity (Wildman–Crippen MR) is 469 cm³/mol. The average Bonchev–Trinajstić information content (AvgIpc) is 1.56. The first-order valence-electron chi connectivity index (χ1n) is 40.5. The van der Waals surface area contributed by atoms with E-state index in [2.05, 4.69) is 34.8 Å². The summed E-state index contributed by atoms with van der Waals surface area (Å²) in [5.41, 5.74) is -38.1. The van der Waals surface area contributed by atoms with Crippen molar-refractivity contribution >= 4 is 197 Å². The number of fused-ring (bicyclic) bond motifs is 4. The molecule has 0 spiro atoms. The van der Waals surface area contributed by atoms with Crippen LogP contribution < -0.4 is 33.0 Å². The van der Waals surface area contributed by atoms with Gasteiger partial charge in [0.05, 0.1) is 97.9 Å². The molecule has 9 N–H and O–H groups in total. The normalized spacial score (nSPS) is 15.0. The third-order valence-corrected chi connectivity index (χ3v) is 31.3. The lowest BCUT2D eigenvalue weighted by Crippen LogP contribution is -2.41. The summed E-state index contributed by atoms with van der Waals surface area (Å²) in [6, 6.07) is 8.80. The van der Waals surface area contributed by atoms with Crippen LogP contribution in [0, 0.1) is 0 Å². The van der Waals surface area contributed by atoms with Crippen molar-refractivity contribution in [3.63, 3.8) is 0 Å². The molecule has 0 atom stereocenters. The maximum absolute atomic E-state index is 13.4. The second-order valence-electron chi connectivity index (χ2n) is 31.8. The first-order chi connectivity index (χ1) is 67.3. The fourth-order valence-electron chi connectivity index (χ4n) is 13.1. The lowest BCUT2D eigenvalue weighted by molar-refractivity contribution is -0.143. The summed E-state index contributed by atoms with van der Waals surface area (Å²) >= 11 is 2.87. The van der Waals surface area contributed by atoms with Crippen LogP contribution in [0.4, 0.5) is 79.0 Å². The second-order valence-corrected chi connectivity index (χ2v) is 44.1. The van der Waals surface area contributed by atoms with E-state index >= 15 is 0 Å². The van der Waals surface area contributed by atoms with E-state index in [0.717, 1.165) is 77.8 Å². The number of Topliss-reactive ketones (excluding diaryl/α,β-unsaturated/α-hetero) is 2. The third kappa shape index (κ3) is 28.7. The maximum atomic E-state index is 13.4. The molecule has 71 heteroatoms. The number of nitrogens with zero attached hydrogens (tertiary/aromatic N) is 1. The van der Waals surface area contributed by atoms with E-state index < -0.39 is 354 Å². The number of carboxylic acid groups (broad SMARTS) is 3. The lowest BCUT2D eigenvalue weighted by Gasteiger charge is -2.32. The molecule has 6 aromatic rings. The van der Waals surface area contributed by atoms with Crippen LogP contribution in [0.5, 0.6) is 0 Å².